The van der Waals surface area contributed by atoms with Gasteiger partial charge in [0.15, 0.2) is 0 Å². The summed E-state index contributed by atoms with van der Waals surface area (Å²) in [6.07, 6.45) is -0.221. The van der Waals surface area contributed by atoms with Gasteiger partial charge in [0.05, 0.1) is 25.2 Å². The molecule has 1 rings (SSSR count). The van der Waals surface area contributed by atoms with Crippen molar-refractivity contribution in [2.24, 2.45) is 0 Å². The minimum atomic E-state index is -0.700. The number of carbonyl (C=O) groups is 1. The fourth-order valence-corrected chi connectivity index (χ4v) is 1.75. The van der Waals surface area contributed by atoms with Gasteiger partial charge >= 0.3 is 5.97 Å². The van der Waals surface area contributed by atoms with Gasteiger partial charge in [-0.1, -0.05) is 0 Å². The Morgan fingerprint density at radius 2 is 2.40 bits per heavy atom. The van der Waals surface area contributed by atoms with Crippen LogP contribution in [-0.4, -0.2) is 59.5 Å². The van der Waals surface area contributed by atoms with Crippen molar-refractivity contribution in [2.45, 2.75) is 32.0 Å². The number of aliphatic hydroxyl groups is 2. The summed E-state index contributed by atoms with van der Waals surface area (Å²) >= 11 is 0. The highest BCUT2D eigenvalue weighted by atomic mass is 16.5. The number of esters is 1. The van der Waals surface area contributed by atoms with Crippen molar-refractivity contribution in [2.75, 3.05) is 26.2 Å². The minimum absolute atomic E-state index is 0.0282. The molecule has 0 radical (unpaired) electrons. The van der Waals surface area contributed by atoms with Gasteiger partial charge in [-0.2, -0.15) is 0 Å². The van der Waals surface area contributed by atoms with Crippen LogP contribution in [0.15, 0.2) is 0 Å². The van der Waals surface area contributed by atoms with E-state index < -0.39 is 6.10 Å². The molecule has 0 saturated carbocycles. The molecule has 1 heterocycles. The largest absolute Gasteiger partial charge is 0.466 e. The van der Waals surface area contributed by atoms with Crippen LogP contribution in [0.25, 0.3) is 0 Å². The van der Waals surface area contributed by atoms with Gasteiger partial charge in [0, 0.05) is 19.6 Å². The van der Waals surface area contributed by atoms with E-state index in [1.165, 1.54) is 0 Å². The molecule has 1 fully saturated rings. The van der Waals surface area contributed by atoms with Crippen LogP contribution >= 0.6 is 0 Å². The molecule has 2 unspecified atom stereocenters. The number of nitrogens with zero attached hydrogens (tertiary/aromatic N) is 1. The average molecular weight is 217 g/mol. The van der Waals surface area contributed by atoms with Crippen molar-refractivity contribution < 1.29 is 19.7 Å². The van der Waals surface area contributed by atoms with Gasteiger partial charge in [-0.05, 0) is 13.3 Å². The molecule has 0 aromatic carbocycles. The third kappa shape index (κ3) is 4.59. The quantitative estimate of drug-likeness (QED) is 0.600. The Hall–Kier alpha value is -0.650. The van der Waals surface area contributed by atoms with Gasteiger partial charge in [0.2, 0.25) is 0 Å². The first-order chi connectivity index (χ1) is 7.11. The highest BCUT2D eigenvalue weighted by Crippen LogP contribution is 2.10. The van der Waals surface area contributed by atoms with Gasteiger partial charge < -0.3 is 14.9 Å². The summed E-state index contributed by atoms with van der Waals surface area (Å²) < 4.78 is 4.73. The lowest BCUT2D eigenvalue weighted by Crippen LogP contribution is -2.33. The van der Waals surface area contributed by atoms with Crippen molar-refractivity contribution in [1.29, 1.82) is 0 Å². The van der Waals surface area contributed by atoms with Crippen molar-refractivity contribution in [1.82, 2.24) is 4.90 Å². The molecule has 2 N–H and O–H groups in total. The molecule has 1 aliphatic heterocycles. The monoisotopic (exact) mass is 217 g/mol. The summed E-state index contributed by atoms with van der Waals surface area (Å²) in [4.78, 5) is 13.0. The highest BCUT2D eigenvalue weighted by molar-refractivity contribution is 5.69. The van der Waals surface area contributed by atoms with Crippen molar-refractivity contribution in [3.63, 3.8) is 0 Å². The zero-order chi connectivity index (χ0) is 11.3. The zero-order valence-corrected chi connectivity index (χ0v) is 9.06. The lowest BCUT2D eigenvalue weighted by molar-refractivity contribution is -0.145. The number of rotatable bonds is 5. The molecule has 0 bridgehead atoms. The smallest absolute Gasteiger partial charge is 0.308 e. The second-order valence-corrected chi connectivity index (χ2v) is 3.87. The van der Waals surface area contributed by atoms with Crippen LogP contribution in [0.5, 0.6) is 0 Å². The van der Waals surface area contributed by atoms with Crippen molar-refractivity contribution >= 4 is 5.97 Å². The first kappa shape index (κ1) is 12.4. The molecule has 0 spiro atoms. The summed E-state index contributed by atoms with van der Waals surface area (Å²) in [6, 6.07) is 0. The summed E-state index contributed by atoms with van der Waals surface area (Å²) in [7, 11) is 0. The number of aliphatic hydroxyl groups excluding tert-OH is 2. The van der Waals surface area contributed by atoms with E-state index in [2.05, 4.69) is 0 Å². The molecule has 5 heteroatoms. The SMILES string of the molecule is CCOC(=O)CC(O)CN1CCC(O)C1. The molecule has 1 aliphatic rings. The maximum absolute atomic E-state index is 11.0. The van der Waals surface area contributed by atoms with E-state index in [0.717, 1.165) is 13.0 Å². The minimum Gasteiger partial charge on any atom is -0.466 e. The molecule has 0 aliphatic carbocycles. The molecule has 2 atom stereocenters. The van der Waals surface area contributed by atoms with Crippen LogP contribution in [0.1, 0.15) is 19.8 Å². The summed E-state index contributed by atoms with van der Waals surface area (Å²) in [6.45, 7) is 3.87. The number of β-amino-alcohol motifs (C(OH)–C–C–N with tert-alkyl or cyclic N) is 2. The van der Waals surface area contributed by atoms with Gasteiger partial charge in [-0.25, -0.2) is 0 Å². The zero-order valence-electron chi connectivity index (χ0n) is 9.06. The topological polar surface area (TPSA) is 70.0 Å². The van der Waals surface area contributed by atoms with Crippen LogP contribution in [0.4, 0.5) is 0 Å². The lowest BCUT2D eigenvalue weighted by atomic mass is 10.2. The molecule has 5 nitrogen and oxygen atoms in total. The highest BCUT2D eigenvalue weighted by Gasteiger charge is 2.23. The number of hydrogen-bond donors (Lipinski definition) is 2. The summed E-state index contributed by atoms with van der Waals surface area (Å²) in [5.41, 5.74) is 0. The van der Waals surface area contributed by atoms with E-state index in [-0.39, 0.29) is 18.5 Å². The van der Waals surface area contributed by atoms with E-state index >= 15 is 0 Å². The first-order valence-electron chi connectivity index (χ1n) is 5.36. The molecule has 0 aromatic heterocycles. The number of carbonyl (C=O) groups excluding carboxylic acids is 1. The Labute approximate surface area is 89.6 Å². The van der Waals surface area contributed by atoms with Crippen molar-refractivity contribution in [3.8, 4) is 0 Å². The second kappa shape index (κ2) is 6.05. The predicted molar refractivity (Wildman–Crippen MR) is 54.3 cm³/mol. The van der Waals surface area contributed by atoms with Gasteiger partial charge in [0.25, 0.3) is 0 Å². The Kier molecular flexibility index (Phi) is 5.01. The molecule has 1 saturated heterocycles. The van der Waals surface area contributed by atoms with E-state index in [1.54, 1.807) is 6.92 Å². The van der Waals surface area contributed by atoms with Crippen LogP contribution in [0.3, 0.4) is 0 Å². The summed E-state index contributed by atoms with van der Waals surface area (Å²) in [5.74, 6) is -0.371. The van der Waals surface area contributed by atoms with Gasteiger partial charge in [-0.3, -0.25) is 9.69 Å². The van der Waals surface area contributed by atoms with Gasteiger partial charge in [0.1, 0.15) is 0 Å². The fraction of sp³-hybridized carbons (Fsp3) is 0.900. The van der Waals surface area contributed by atoms with Crippen LogP contribution < -0.4 is 0 Å². The Morgan fingerprint density at radius 3 is 2.93 bits per heavy atom. The molecular weight excluding hydrogens is 198 g/mol. The fourth-order valence-electron chi connectivity index (χ4n) is 1.75. The van der Waals surface area contributed by atoms with E-state index in [9.17, 15) is 15.0 Å². The average Bonchev–Trinajstić information content (AvgIpc) is 2.51. The van der Waals surface area contributed by atoms with E-state index in [0.29, 0.717) is 19.7 Å². The maximum atomic E-state index is 11.0. The lowest BCUT2D eigenvalue weighted by Gasteiger charge is -2.18. The van der Waals surface area contributed by atoms with Crippen LogP contribution in [0.2, 0.25) is 0 Å². The normalized spacial score (nSPS) is 24.1. The maximum Gasteiger partial charge on any atom is 0.308 e. The van der Waals surface area contributed by atoms with E-state index in [1.807, 2.05) is 4.90 Å². The number of ether oxygens (including phenoxy) is 1. The van der Waals surface area contributed by atoms with Crippen molar-refractivity contribution in [3.05, 3.63) is 0 Å². The first-order valence-corrected chi connectivity index (χ1v) is 5.36. The molecule has 0 amide bonds. The number of hydrogen-bond acceptors (Lipinski definition) is 5. The van der Waals surface area contributed by atoms with E-state index in [4.69, 9.17) is 4.74 Å². The Bertz CT molecular complexity index is 210. The Balaban J connectivity index is 2.18. The van der Waals surface area contributed by atoms with Gasteiger partial charge in [-0.15, -0.1) is 0 Å². The second-order valence-electron chi connectivity index (χ2n) is 3.87. The Morgan fingerprint density at radius 1 is 1.67 bits per heavy atom. The summed E-state index contributed by atoms with van der Waals surface area (Å²) in [5, 5.41) is 18.8. The molecule has 0 aromatic rings. The standard InChI is InChI=1S/C10H19NO4/c1-2-15-10(14)5-9(13)7-11-4-3-8(12)6-11/h8-9,12-13H,2-7H2,1H3. The third-order valence-electron chi connectivity index (χ3n) is 2.42. The number of likely N-dealkylation sites (tertiary alicyclic amines) is 1. The molecule has 15 heavy (non-hydrogen) atoms. The molecule has 88 valence electrons. The predicted octanol–water partition coefficient (Wildman–Crippen LogP) is -0.633. The van der Waals surface area contributed by atoms with Crippen LogP contribution in [0, 0.1) is 0 Å². The van der Waals surface area contributed by atoms with Crippen LogP contribution in [-0.2, 0) is 9.53 Å². The molecular formula is C10H19NO4. The third-order valence-corrected chi connectivity index (χ3v) is 2.42.